The smallest absolute Gasteiger partial charge is 0.258 e. The summed E-state index contributed by atoms with van der Waals surface area (Å²) in [5, 5.41) is 0.583. The van der Waals surface area contributed by atoms with Gasteiger partial charge in [-0.25, -0.2) is 4.98 Å². The van der Waals surface area contributed by atoms with Crippen LogP contribution in [-0.4, -0.2) is 70.6 Å². The van der Waals surface area contributed by atoms with E-state index in [1.54, 1.807) is 6.07 Å². The van der Waals surface area contributed by atoms with Gasteiger partial charge in [0.05, 0.1) is 24.1 Å². The maximum atomic E-state index is 13.0. The lowest BCUT2D eigenvalue weighted by Crippen LogP contribution is -2.55. The monoisotopic (exact) mass is 457 g/mol. The van der Waals surface area contributed by atoms with Crippen molar-refractivity contribution >= 4 is 41.6 Å². The normalized spacial score (nSPS) is 22.2. The zero-order valence-corrected chi connectivity index (χ0v) is 18.4. The molecule has 2 aliphatic rings. The second kappa shape index (κ2) is 11.1. The van der Waals surface area contributed by atoms with Crippen LogP contribution in [0.4, 0.5) is 0 Å². The van der Waals surface area contributed by atoms with Crippen LogP contribution in [0.5, 0.6) is 0 Å². The van der Waals surface area contributed by atoms with Crippen molar-refractivity contribution < 1.29 is 9.53 Å². The van der Waals surface area contributed by atoms with Crippen LogP contribution >= 0.6 is 24.8 Å². The lowest BCUT2D eigenvalue weighted by molar-refractivity contribution is -0.153. The number of aromatic amines is 1. The summed E-state index contributed by atoms with van der Waals surface area (Å²) in [6, 6.07) is 7.41. The molecule has 0 saturated carbocycles. The molecule has 2 fully saturated rings. The highest BCUT2D eigenvalue weighted by atomic mass is 35.5. The Bertz CT molecular complexity index is 909. The summed E-state index contributed by atoms with van der Waals surface area (Å²) >= 11 is 0. The molecule has 2 saturated heterocycles. The van der Waals surface area contributed by atoms with Crippen LogP contribution in [0, 0.1) is 0 Å². The Kier molecular flexibility index (Phi) is 9.06. The molecule has 4 rings (SSSR count). The second-order valence-electron chi connectivity index (χ2n) is 7.54. The van der Waals surface area contributed by atoms with Gasteiger partial charge in [-0.2, -0.15) is 0 Å². The Balaban J connectivity index is 0.00000160. The number of likely N-dealkylation sites (tertiary alicyclic amines) is 1. The Morgan fingerprint density at radius 1 is 1.23 bits per heavy atom. The molecular formula is C20H29Cl2N5O3. The lowest BCUT2D eigenvalue weighted by Gasteiger charge is -2.39. The van der Waals surface area contributed by atoms with E-state index in [4.69, 9.17) is 10.5 Å². The third-order valence-electron chi connectivity index (χ3n) is 5.64. The number of hydrogen-bond donors (Lipinski definition) is 2. The van der Waals surface area contributed by atoms with E-state index in [1.165, 1.54) is 0 Å². The molecular weight excluding hydrogens is 429 g/mol. The molecule has 0 spiro atoms. The number of amides is 1. The number of carbonyl (C=O) groups excluding carboxylic acids is 1. The first-order chi connectivity index (χ1) is 13.7. The van der Waals surface area contributed by atoms with E-state index in [2.05, 4.69) is 14.9 Å². The number of para-hydroxylation sites is 1. The van der Waals surface area contributed by atoms with E-state index in [9.17, 15) is 9.59 Å². The molecule has 2 atom stereocenters. The van der Waals surface area contributed by atoms with Gasteiger partial charge in [0.15, 0.2) is 0 Å². The van der Waals surface area contributed by atoms with Crippen LogP contribution in [0.3, 0.4) is 0 Å². The summed E-state index contributed by atoms with van der Waals surface area (Å²) in [6.45, 7) is 3.39. The number of fused-ring (bicyclic) bond motifs is 1. The van der Waals surface area contributed by atoms with Gasteiger partial charge in [-0.05, 0) is 31.4 Å². The zero-order chi connectivity index (χ0) is 19.5. The molecule has 166 valence electrons. The molecule has 1 aromatic heterocycles. The van der Waals surface area contributed by atoms with Crippen molar-refractivity contribution in [3.63, 3.8) is 0 Å². The van der Waals surface area contributed by atoms with E-state index >= 15 is 0 Å². The van der Waals surface area contributed by atoms with Gasteiger partial charge in [-0.1, -0.05) is 12.1 Å². The summed E-state index contributed by atoms with van der Waals surface area (Å²) in [5.41, 5.74) is 6.41. The number of morpholine rings is 1. The minimum atomic E-state index is -0.493. The average molecular weight is 458 g/mol. The standard InChI is InChI=1S/C20H27N5O3.2ClH/c21-11-14-5-3-4-8-25(14)20(27)17-12-24(9-10-28-17)13-18-22-16-7-2-1-6-15(16)19(26)23-18;;/h1-2,6-7,14,17H,3-5,8-13,21H2,(H,22,23,26);2*1H. The molecule has 0 radical (unpaired) electrons. The number of H-pyrrole nitrogens is 1. The Labute approximate surface area is 188 Å². The van der Waals surface area contributed by atoms with Crippen molar-refractivity contribution in [2.24, 2.45) is 5.73 Å². The van der Waals surface area contributed by atoms with Gasteiger partial charge in [0.25, 0.3) is 11.5 Å². The second-order valence-corrected chi connectivity index (χ2v) is 7.54. The number of hydrogen-bond acceptors (Lipinski definition) is 6. The minimum Gasteiger partial charge on any atom is -0.366 e. The average Bonchev–Trinajstić information content (AvgIpc) is 2.73. The van der Waals surface area contributed by atoms with Gasteiger partial charge in [0.2, 0.25) is 0 Å². The van der Waals surface area contributed by atoms with Crippen molar-refractivity contribution in [2.75, 3.05) is 32.8 Å². The third kappa shape index (κ3) is 5.31. The third-order valence-corrected chi connectivity index (χ3v) is 5.64. The fraction of sp³-hybridized carbons (Fsp3) is 0.550. The first-order valence-corrected chi connectivity index (χ1v) is 9.98. The predicted octanol–water partition coefficient (Wildman–Crippen LogP) is 1.31. The Hall–Kier alpha value is -1.71. The fourth-order valence-corrected chi connectivity index (χ4v) is 4.14. The number of halogens is 2. The highest BCUT2D eigenvalue weighted by molar-refractivity contribution is 5.85. The van der Waals surface area contributed by atoms with Gasteiger partial charge >= 0.3 is 0 Å². The summed E-state index contributed by atoms with van der Waals surface area (Å²) in [6.07, 6.45) is 2.60. The number of rotatable bonds is 4. The van der Waals surface area contributed by atoms with E-state index < -0.39 is 6.10 Å². The molecule has 0 aliphatic carbocycles. The van der Waals surface area contributed by atoms with E-state index in [0.717, 1.165) is 25.8 Å². The molecule has 2 aliphatic heterocycles. The number of carbonyl (C=O) groups is 1. The Morgan fingerprint density at radius 2 is 2.03 bits per heavy atom. The van der Waals surface area contributed by atoms with Crippen molar-refractivity contribution in [3.8, 4) is 0 Å². The van der Waals surface area contributed by atoms with E-state index in [0.29, 0.717) is 49.5 Å². The largest absolute Gasteiger partial charge is 0.366 e. The summed E-state index contributed by atoms with van der Waals surface area (Å²) < 4.78 is 5.78. The maximum Gasteiger partial charge on any atom is 0.258 e. The van der Waals surface area contributed by atoms with Gasteiger partial charge in [-0.3, -0.25) is 14.5 Å². The summed E-state index contributed by atoms with van der Waals surface area (Å²) in [4.78, 5) is 36.7. The molecule has 2 unspecified atom stereocenters. The molecule has 1 aromatic carbocycles. The predicted molar refractivity (Wildman–Crippen MR) is 120 cm³/mol. The molecule has 1 amide bonds. The summed E-state index contributed by atoms with van der Waals surface area (Å²) in [7, 11) is 0. The van der Waals surface area contributed by atoms with Crippen LogP contribution in [0.1, 0.15) is 25.1 Å². The number of piperidine rings is 1. The summed E-state index contributed by atoms with van der Waals surface area (Å²) in [5.74, 6) is 0.634. The number of nitrogens with one attached hydrogen (secondary N) is 1. The number of nitrogens with two attached hydrogens (primary N) is 1. The number of benzene rings is 1. The lowest BCUT2D eigenvalue weighted by atomic mass is 10.0. The highest BCUT2D eigenvalue weighted by Crippen LogP contribution is 2.20. The first-order valence-electron chi connectivity index (χ1n) is 9.98. The van der Waals surface area contributed by atoms with Crippen LogP contribution in [0.15, 0.2) is 29.1 Å². The number of aromatic nitrogens is 2. The number of ether oxygens (including phenoxy) is 1. The molecule has 3 heterocycles. The quantitative estimate of drug-likeness (QED) is 0.716. The van der Waals surface area contributed by atoms with Crippen LogP contribution < -0.4 is 11.3 Å². The number of nitrogens with zero attached hydrogens (tertiary/aromatic N) is 3. The highest BCUT2D eigenvalue weighted by Gasteiger charge is 2.34. The zero-order valence-electron chi connectivity index (χ0n) is 16.8. The van der Waals surface area contributed by atoms with Crippen molar-refractivity contribution in [1.29, 1.82) is 0 Å². The van der Waals surface area contributed by atoms with Gasteiger partial charge in [0, 0.05) is 32.2 Å². The van der Waals surface area contributed by atoms with Crippen LogP contribution in [0.25, 0.3) is 10.9 Å². The maximum absolute atomic E-state index is 13.0. The molecule has 10 heteroatoms. The minimum absolute atomic E-state index is 0. The topological polar surface area (TPSA) is 105 Å². The first kappa shape index (κ1) is 24.6. The van der Waals surface area contributed by atoms with Gasteiger partial charge < -0.3 is 20.4 Å². The van der Waals surface area contributed by atoms with Crippen molar-refractivity contribution in [1.82, 2.24) is 19.8 Å². The molecule has 3 N–H and O–H groups in total. The molecule has 0 bridgehead atoms. The van der Waals surface area contributed by atoms with Crippen molar-refractivity contribution in [2.45, 2.75) is 38.0 Å². The molecule has 30 heavy (non-hydrogen) atoms. The SMILES string of the molecule is Cl.Cl.NCC1CCCCN1C(=O)C1CN(Cc2nc3ccccc3c(=O)[nH]2)CCO1. The van der Waals surface area contributed by atoms with E-state index in [1.807, 2.05) is 23.1 Å². The van der Waals surface area contributed by atoms with Gasteiger partial charge in [0.1, 0.15) is 11.9 Å². The molecule has 2 aromatic rings. The van der Waals surface area contributed by atoms with Crippen molar-refractivity contribution in [3.05, 3.63) is 40.4 Å². The molecule has 8 nitrogen and oxygen atoms in total. The van der Waals surface area contributed by atoms with Crippen LogP contribution in [0.2, 0.25) is 0 Å². The van der Waals surface area contributed by atoms with Gasteiger partial charge in [-0.15, -0.1) is 24.8 Å². The fourth-order valence-electron chi connectivity index (χ4n) is 4.14. The van der Waals surface area contributed by atoms with E-state index in [-0.39, 0.29) is 42.3 Å². The Morgan fingerprint density at radius 3 is 2.83 bits per heavy atom. The van der Waals surface area contributed by atoms with Crippen LogP contribution in [-0.2, 0) is 16.1 Å².